The van der Waals surface area contributed by atoms with Gasteiger partial charge in [-0.15, -0.1) is 0 Å². The molecule has 0 spiro atoms. The van der Waals surface area contributed by atoms with Crippen LogP contribution in [0, 0.1) is 5.92 Å². The van der Waals surface area contributed by atoms with Crippen LogP contribution in [-0.4, -0.2) is 37.1 Å². The van der Waals surface area contributed by atoms with Crippen molar-refractivity contribution in [3.8, 4) is 0 Å². The molecule has 2 aliphatic heterocycles. The van der Waals surface area contributed by atoms with Gasteiger partial charge in [-0.25, -0.2) is 0 Å². The molecule has 1 atom stereocenters. The van der Waals surface area contributed by atoms with E-state index in [0.717, 1.165) is 12.0 Å². The second-order valence-electron chi connectivity index (χ2n) is 5.11. The van der Waals surface area contributed by atoms with Crippen LogP contribution in [0.4, 0.5) is 0 Å². The van der Waals surface area contributed by atoms with E-state index in [4.69, 9.17) is 0 Å². The Morgan fingerprint density at radius 3 is 2.64 bits per heavy atom. The Hall–Kier alpha value is -0.0800. The maximum absolute atomic E-state index is 3.58. The first-order valence-electron chi connectivity index (χ1n) is 6.30. The van der Waals surface area contributed by atoms with Gasteiger partial charge in [-0.3, -0.25) is 0 Å². The number of hydrogen-bond donors (Lipinski definition) is 1. The van der Waals surface area contributed by atoms with Gasteiger partial charge in [-0.05, 0) is 64.2 Å². The van der Waals surface area contributed by atoms with E-state index in [9.17, 15) is 0 Å². The van der Waals surface area contributed by atoms with E-state index in [2.05, 4.69) is 17.1 Å². The number of likely N-dealkylation sites (tertiary alicyclic amines) is 1. The quantitative estimate of drug-likeness (QED) is 0.741. The third-order valence-corrected chi connectivity index (χ3v) is 3.83. The summed E-state index contributed by atoms with van der Waals surface area (Å²) in [6, 6.07) is 0.828. The van der Waals surface area contributed by atoms with Crippen molar-refractivity contribution in [3.05, 3.63) is 0 Å². The molecule has 2 saturated heterocycles. The lowest BCUT2D eigenvalue weighted by Gasteiger charge is -2.30. The van der Waals surface area contributed by atoms with Crippen LogP contribution in [0.2, 0.25) is 0 Å². The van der Waals surface area contributed by atoms with Crippen LogP contribution in [0.3, 0.4) is 0 Å². The molecule has 0 aromatic heterocycles. The third-order valence-electron chi connectivity index (χ3n) is 3.83. The fraction of sp³-hybridized carbons (Fsp3) is 1.00. The van der Waals surface area contributed by atoms with Gasteiger partial charge in [0.15, 0.2) is 0 Å². The molecule has 0 unspecified atom stereocenters. The van der Waals surface area contributed by atoms with E-state index in [1.807, 2.05) is 0 Å². The molecule has 0 amide bonds. The lowest BCUT2D eigenvalue weighted by Crippen LogP contribution is -2.36. The normalized spacial score (nSPS) is 31.1. The number of hydrogen-bond acceptors (Lipinski definition) is 2. The Morgan fingerprint density at radius 1 is 1.21 bits per heavy atom. The van der Waals surface area contributed by atoms with Crippen molar-refractivity contribution >= 4 is 0 Å². The molecule has 2 nitrogen and oxygen atoms in total. The van der Waals surface area contributed by atoms with Crippen molar-refractivity contribution < 1.29 is 0 Å². The molecule has 1 N–H and O–H groups in total. The maximum atomic E-state index is 3.58. The molecule has 0 aromatic rings. The lowest BCUT2D eigenvalue weighted by atomic mass is 9.99. The van der Waals surface area contributed by atoms with Crippen LogP contribution >= 0.6 is 0 Å². The highest BCUT2D eigenvalue weighted by Crippen LogP contribution is 2.17. The summed E-state index contributed by atoms with van der Waals surface area (Å²) in [5, 5.41) is 3.58. The van der Waals surface area contributed by atoms with Crippen molar-refractivity contribution in [2.45, 2.75) is 45.1 Å². The monoisotopic (exact) mass is 196 g/mol. The lowest BCUT2D eigenvalue weighted by molar-refractivity contribution is 0.185. The molecular weight excluding hydrogens is 172 g/mol. The molecule has 14 heavy (non-hydrogen) atoms. The molecule has 2 heteroatoms. The molecular formula is C12H24N2. The highest BCUT2D eigenvalue weighted by molar-refractivity contribution is 4.77. The van der Waals surface area contributed by atoms with Gasteiger partial charge < -0.3 is 10.2 Å². The molecule has 82 valence electrons. The first-order valence-corrected chi connectivity index (χ1v) is 6.30. The number of piperidine rings is 1. The Labute approximate surface area is 88.1 Å². The van der Waals surface area contributed by atoms with Gasteiger partial charge in [0.2, 0.25) is 0 Å². The summed E-state index contributed by atoms with van der Waals surface area (Å²) in [6.07, 6.45) is 7.00. The number of nitrogens with one attached hydrogen (secondary N) is 1. The Morgan fingerprint density at radius 2 is 2.00 bits per heavy atom. The number of nitrogens with zero attached hydrogens (tertiary/aromatic N) is 1. The third kappa shape index (κ3) is 2.96. The first kappa shape index (κ1) is 10.4. The van der Waals surface area contributed by atoms with Crippen LogP contribution in [0.5, 0.6) is 0 Å². The zero-order chi connectivity index (χ0) is 9.80. The summed E-state index contributed by atoms with van der Waals surface area (Å²) >= 11 is 0. The highest BCUT2D eigenvalue weighted by atomic mass is 15.1. The summed E-state index contributed by atoms with van der Waals surface area (Å²) in [4.78, 5) is 2.65. The minimum absolute atomic E-state index is 0.828. The van der Waals surface area contributed by atoms with Gasteiger partial charge in [-0.1, -0.05) is 6.92 Å². The molecule has 0 saturated carbocycles. The minimum Gasteiger partial charge on any atom is -0.314 e. The van der Waals surface area contributed by atoms with E-state index in [0.29, 0.717) is 0 Å². The van der Waals surface area contributed by atoms with Gasteiger partial charge in [0.1, 0.15) is 0 Å². The smallest absolute Gasteiger partial charge is 0.00797 e. The van der Waals surface area contributed by atoms with E-state index >= 15 is 0 Å². The fourth-order valence-corrected chi connectivity index (χ4v) is 2.63. The molecule has 2 rings (SSSR count). The van der Waals surface area contributed by atoms with Crippen molar-refractivity contribution in [3.63, 3.8) is 0 Å². The summed E-state index contributed by atoms with van der Waals surface area (Å²) in [6.45, 7) is 7.64. The second kappa shape index (κ2) is 5.13. The largest absolute Gasteiger partial charge is 0.314 e. The van der Waals surface area contributed by atoms with Gasteiger partial charge >= 0.3 is 0 Å². The summed E-state index contributed by atoms with van der Waals surface area (Å²) in [5.41, 5.74) is 0. The second-order valence-corrected chi connectivity index (χ2v) is 5.11. The predicted molar refractivity (Wildman–Crippen MR) is 60.5 cm³/mol. The fourth-order valence-electron chi connectivity index (χ4n) is 2.63. The minimum atomic E-state index is 0.828. The van der Waals surface area contributed by atoms with Crippen LogP contribution in [-0.2, 0) is 0 Å². The zero-order valence-corrected chi connectivity index (χ0v) is 9.47. The van der Waals surface area contributed by atoms with Gasteiger partial charge in [0, 0.05) is 6.04 Å². The Balaban J connectivity index is 1.60. The first-order chi connectivity index (χ1) is 6.84. The van der Waals surface area contributed by atoms with Gasteiger partial charge in [-0.2, -0.15) is 0 Å². The summed E-state index contributed by atoms with van der Waals surface area (Å²) in [5.74, 6) is 0.968. The van der Waals surface area contributed by atoms with Crippen LogP contribution in [0.1, 0.15) is 39.0 Å². The average molecular weight is 196 g/mol. The van der Waals surface area contributed by atoms with Gasteiger partial charge in [0.05, 0.1) is 0 Å². The van der Waals surface area contributed by atoms with Crippen LogP contribution in [0.15, 0.2) is 0 Å². The molecule has 0 bridgehead atoms. The highest BCUT2D eigenvalue weighted by Gasteiger charge is 2.18. The number of rotatable bonds is 3. The van der Waals surface area contributed by atoms with E-state index in [1.165, 1.54) is 58.3 Å². The zero-order valence-electron chi connectivity index (χ0n) is 9.47. The molecule has 0 radical (unpaired) electrons. The average Bonchev–Trinajstić information content (AvgIpc) is 2.70. The van der Waals surface area contributed by atoms with Crippen molar-refractivity contribution in [1.29, 1.82) is 0 Å². The molecule has 2 fully saturated rings. The van der Waals surface area contributed by atoms with Crippen molar-refractivity contribution in [1.82, 2.24) is 10.2 Å². The SMILES string of the molecule is CC1CCN(CC[C@@H]2CCCN2)CC1. The standard InChI is InChI=1S/C12H24N2/c1-11-4-8-14(9-5-11)10-6-12-3-2-7-13-12/h11-13H,2-10H2,1H3/t12-/m0/s1. The van der Waals surface area contributed by atoms with Crippen LogP contribution < -0.4 is 5.32 Å². The van der Waals surface area contributed by atoms with E-state index in [-0.39, 0.29) is 0 Å². The topological polar surface area (TPSA) is 15.3 Å². The van der Waals surface area contributed by atoms with E-state index < -0.39 is 0 Å². The molecule has 0 aromatic carbocycles. The molecule has 2 aliphatic rings. The van der Waals surface area contributed by atoms with E-state index in [1.54, 1.807) is 0 Å². The Bertz CT molecular complexity index is 156. The van der Waals surface area contributed by atoms with Crippen LogP contribution in [0.25, 0.3) is 0 Å². The summed E-state index contributed by atoms with van der Waals surface area (Å²) in [7, 11) is 0. The maximum Gasteiger partial charge on any atom is 0.00797 e. The Kier molecular flexibility index (Phi) is 3.82. The van der Waals surface area contributed by atoms with Crippen molar-refractivity contribution in [2.75, 3.05) is 26.2 Å². The molecule has 0 aliphatic carbocycles. The van der Waals surface area contributed by atoms with Crippen molar-refractivity contribution in [2.24, 2.45) is 5.92 Å². The summed E-state index contributed by atoms with van der Waals surface area (Å²) < 4.78 is 0. The molecule has 2 heterocycles. The van der Waals surface area contributed by atoms with Gasteiger partial charge in [0.25, 0.3) is 0 Å². The predicted octanol–water partition coefficient (Wildman–Crippen LogP) is 1.86.